The zero-order valence-corrected chi connectivity index (χ0v) is 14.0. The lowest BCUT2D eigenvalue weighted by Gasteiger charge is -2.43. The highest BCUT2D eigenvalue weighted by molar-refractivity contribution is 7.12. The molecule has 122 valence electrons. The van der Waals surface area contributed by atoms with E-state index in [1.807, 2.05) is 30.2 Å². The normalized spacial score (nSPS) is 28.5. The summed E-state index contributed by atoms with van der Waals surface area (Å²) in [5.41, 5.74) is 0.703. The number of rotatable bonds is 4. The van der Waals surface area contributed by atoms with E-state index in [1.165, 1.54) is 11.3 Å². The molecule has 1 spiro atoms. The van der Waals surface area contributed by atoms with Gasteiger partial charge in [0.15, 0.2) is 0 Å². The summed E-state index contributed by atoms with van der Waals surface area (Å²) in [5.74, 6) is 0.108. The summed E-state index contributed by atoms with van der Waals surface area (Å²) in [7, 11) is 0. The standard InChI is InChI=1S/C16H23NO4S/c1-3-19-9-13-8-16(11-21-13)10-20-6-5-17(16)15(18)14-12(2)4-7-22-14/h4,7,13H,3,5-6,8-11H2,1-2H3. The van der Waals surface area contributed by atoms with E-state index < -0.39 is 0 Å². The van der Waals surface area contributed by atoms with Gasteiger partial charge in [0, 0.05) is 19.6 Å². The first-order chi connectivity index (χ1) is 10.7. The molecule has 1 amide bonds. The number of hydrogen-bond donors (Lipinski definition) is 0. The average Bonchev–Trinajstić information content (AvgIpc) is 3.12. The molecule has 2 saturated heterocycles. The second-order valence-electron chi connectivity index (χ2n) is 5.96. The number of nitrogens with zero attached hydrogens (tertiary/aromatic N) is 1. The van der Waals surface area contributed by atoms with Gasteiger partial charge in [0.05, 0.1) is 42.9 Å². The fourth-order valence-corrected chi connectivity index (χ4v) is 4.10. The topological polar surface area (TPSA) is 48.0 Å². The Morgan fingerprint density at radius 3 is 3.14 bits per heavy atom. The molecule has 3 heterocycles. The number of carbonyl (C=O) groups is 1. The van der Waals surface area contributed by atoms with Crippen LogP contribution in [0.3, 0.4) is 0 Å². The molecule has 0 aromatic carbocycles. The van der Waals surface area contributed by atoms with Crippen molar-refractivity contribution in [3.05, 3.63) is 21.9 Å². The molecule has 2 aliphatic heterocycles. The fraction of sp³-hybridized carbons (Fsp3) is 0.688. The van der Waals surface area contributed by atoms with E-state index in [0.29, 0.717) is 39.6 Å². The van der Waals surface area contributed by atoms with E-state index in [1.54, 1.807) is 0 Å². The Morgan fingerprint density at radius 2 is 2.41 bits per heavy atom. The Hall–Kier alpha value is -0.950. The molecule has 0 N–H and O–H groups in total. The van der Waals surface area contributed by atoms with Gasteiger partial charge in [0.2, 0.25) is 0 Å². The van der Waals surface area contributed by atoms with Gasteiger partial charge in [-0.25, -0.2) is 0 Å². The van der Waals surface area contributed by atoms with Crippen LogP contribution in [0.1, 0.15) is 28.6 Å². The molecule has 2 fully saturated rings. The van der Waals surface area contributed by atoms with Gasteiger partial charge in [-0.15, -0.1) is 11.3 Å². The number of carbonyl (C=O) groups excluding carboxylic acids is 1. The lowest BCUT2D eigenvalue weighted by molar-refractivity contribution is -0.0557. The van der Waals surface area contributed by atoms with Crippen LogP contribution in [-0.2, 0) is 14.2 Å². The molecule has 22 heavy (non-hydrogen) atoms. The minimum Gasteiger partial charge on any atom is -0.379 e. The molecule has 2 aliphatic rings. The Morgan fingerprint density at radius 1 is 1.55 bits per heavy atom. The molecule has 0 saturated carbocycles. The van der Waals surface area contributed by atoms with E-state index in [2.05, 4.69) is 0 Å². The van der Waals surface area contributed by atoms with Crippen LogP contribution in [0, 0.1) is 6.92 Å². The highest BCUT2D eigenvalue weighted by Crippen LogP contribution is 2.35. The molecule has 2 unspecified atom stereocenters. The van der Waals surface area contributed by atoms with Gasteiger partial charge in [-0.1, -0.05) is 0 Å². The Bertz CT molecular complexity index is 532. The van der Waals surface area contributed by atoms with Crippen LogP contribution in [0.4, 0.5) is 0 Å². The largest absolute Gasteiger partial charge is 0.379 e. The summed E-state index contributed by atoms with van der Waals surface area (Å²) in [4.78, 5) is 15.8. The minimum absolute atomic E-state index is 0.0429. The average molecular weight is 325 g/mol. The number of morpholine rings is 1. The van der Waals surface area contributed by atoms with Crippen molar-refractivity contribution in [3.63, 3.8) is 0 Å². The van der Waals surface area contributed by atoms with Gasteiger partial charge in [-0.3, -0.25) is 4.79 Å². The smallest absolute Gasteiger partial charge is 0.264 e. The number of hydrogen-bond acceptors (Lipinski definition) is 5. The summed E-state index contributed by atoms with van der Waals surface area (Å²) in [6, 6.07) is 1.99. The summed E-state index contributed by atoms with van der Waals surface area (Å²) in [6.07, 6.45) is 0.824. The van der Waals surface area contributed by atoms with E-state index >= 15 is 0 Å². The molecule has 6 heteroatoms. The van der Waals surface area contributed by atoms with Gasteiger partial charge >= 0.3 is 0 Å². The summed E-state index contributed by atoms with van der Waals surface area (Å²) in [5, 5.41) is 1.97. The quantitative estimate of drug-likeness (QED) is 0.850. The van der Waals surface area contributed by atoms with Crippen LogP contribution in [0.5, 0.6) is 0 Å². The van der Waals surface area contributed by atoms with Crippen LogP contribution < -0.4 is 0 Å². The number of aryl methyl sites for hydroxylation is 1. The Balaban J connectivity index is 1.77. The van der Waals surface area contributed by atoms with Gasteiger partial charge in [0.1, 0.15) is 0 Å². The maximum atomic E-state index is 13.0. The summed E-state index contributed by atoms with van der Waals surface area (Å²) < 4.78 is 17.0. The molecule has 3 rings (SSSR count). The lowest BCUT2D eigenvalue weighted by atomic mass is 9.93. The van der Waals surface area contributed by atoms with Gasteiger partial charge in [-0.2, -0.15) is 0 Å². The summed E-state index contributed by atoms with van der Waals surface area (Å²) >= 11 is 1.51. The van der Waals surface area contributed by atoms with Crippen molar-refractivity contribution in [2.24, 2.45) is 0 Å². The molecule has 1 aromatic heterocycles. The molecule has 0 aliphatic carbocycles. The van der Waals surface area contributed by atoms with Crippen molar-refractivity contribution in [2.75, 3.05) is 39.6 Å². The van der Waals surface area contributed by atoms with E-state index in [4.69, 9.17) is 14.2 Å². The highest BCUT2D eigenvalue weighted by atomic mass is 32.1. The number of ether oxygens (including phenoxy) is 3. The van der Waals surface area contributed by atoms with Crippen LogP contribution in [0.2, 0.25) is 0 Å². The molecular formula is C16H23NO4S. The van der Waals surface area contributed by atoms with Crippen molar-refractivity contribution in [1.82, 2.24) is 4.90 Å². The van der Waals surface area contributed by atoms with Crippen molar-refractivity contribution < 1.29 is 19.0 Å². The lowest BCUT2D eigenvalue weighted by Crippen LogP contribution is -2.59. The van der Waals surface area contributed by atoms with Crippen molar-refractivity contribution in [3.8, 4) is 0 Å². The monoisotopic (exact) mass is 325 g/mol. The third kappa shape index (κ3) is 2.93. The summed E-state index contributed by atoms with van der Waals surface area (Å²) in [6.45, 7) is 7.52. The zero-order chi connectivity index (χ0) is 15.6. The van der Waals surface area contributed by atoms with Gasteiger partial charge < -0.3 is 19.1 Å². The molecular weight excluding hydrogens is 302 g/mol. The molecule has 1 aromatic rings. The van der Waals surface area contributed by atoms with Crippen molar-refractivity contribution >= 4 is 17.2 Å². The Kier molecular flexibility index (Phi) is 4.82. The SMILES string of the molecule is CCOCC1CC2(COCCN2C(=O)c2sccc2C)CO1. The molecule has 5 nitrogen and oxygen atoms in total. The maximum Gasteiger partial charge on any atom is 0.264 e. The number of amides is 1. The third-order valence-electron chi connectivity index (χ3n) is 4.41. The second kappa shape index (κ2) is 6.66. The zero-order valence-electron chi connectivity index (χ0n) is 13.2. The van der Waals surface area contributed by atoms with Gasteiger partial charge in [0.25, 0.3) is 5.91 Å². The highest BCUT2D eigenvalue weighted by Gasteiger charge is 2.49. The van der Waals surface area contributed by atoms with E-state index in [0.717, 1.165) is 16.9 Å². The predicted molar refractivity (Wildman–Crippen MR) is 84.5 cm³/mol. The van der Waals surface area contributed by atoms with E-state index in [-0.39, 0.29) is 17.6 Å². The van der Waals surface area contributed by atoms with E-state index in [9.17, 15) is 4.79 Å². The first-order valence-corrected chi connectivity index (χ1v) is 8.67. The second-order valence-corrected chi connectivity index (χ2v) is 6.88. The van der Waals surface area contributed by atoms with Crippen LogP contribution in [0.25, 0.3) is 0 Å². The van der Waals surface area contributed by atoms with Crippen molar-refractivity contribution in [2.45, 2.75) is 31.9 Å². The molecule has 2 atom stereocenters. The third-order valence-corrected chi connectivity index (χ3v) is 5.41. The first kappa shape index (κ1) is 15.9. The van der Waals surface area contributed by atoms with Crippen LogP contribution in [0.15, 0.2) is 11.4 Å². The Labute approximate surface area is 135 Å². The predicted octanol–water partition coefficient (Wildman–Crippen LogP) is 2.09. The minimum atomic E-state index is -0.340. The maximum absolute atomic E-state index is 13.0. The van der Waals surface area contributed by atoms with Crippen LogP contribution >= 0.6 is 11.3 Å². The number of thiophene rings is 1. The van der Waals surface area contributed by atoms with Crippen LogP contribution in [-0.4, -0.2) is 62.0 Å². The first-order valence-electron chi connectivity index (χ1n) is 7.79. The van der Waals surface area contributed by atoms with Gasteiger partial charge in [-0.05, 0) is 30.9 Å². The molecule has 0 bridgehead atoms. The van der Waals surface area contributed by atoms with Crippen molar-refractivity contribution in [1.29, 1.82) is 0 Å². The fourth-order valence-electron chi connectivity index (χ4n) is 3.22. The molecule has 0 radical (unpaired) electrons.